The van der Waals surface area contributed by atoms with E-state index in [1.807, 2.05) is 43.3 Å². The molecule has 2 aromatic rings. The Morgan fingerprint density at radius 3 is 2.50 bits per heavy atom. The van der Waals surface area contributed by atoms with Crippen molar-refractivity contribution in [2.24, 2.45) is 0 Å². The van der Waals surface area contributed by atoms with Crippen LogP contribution >= 0.6 is 0 Å². The third-order valence-electron chi connectivity index (χ3n) is 3.47. The van der Waals surface area contributed by atoms with Gasteiger partial charge in [-0.3, -0.25) is 9.35 Å². The molecule has 0 fully saturated rings. The molecular formula is C18H17N3O4S. The molecule has 0 atom stereocenters. The number of benzene rings is 2. The van der Waals surface area contributed by atoms with E-state index in [1.165, 1.54) is 24.4 Å². The monoisotopic (exact) mass is 371 g/mol. The smallest absolute Gasteiger partial charge is 0.294 e. The van der Waals surface area contributed by atoms with E-state index in [4.69, 9.17) is 4.55 Å². The number of carbonyl (C=O) groups is 1. The van der Waals surface area contributed by atoms with Crippen molar-refractivity contribution in [1.82, 2.24) is 0 Å². The molecule has 1 amide bonds. The second kappa shape index (κ2) is 8.29. The Balaban J connectivity index is 2.25. The van der Waals surface area contributed by atoms with E-state index in [1.54, 1.807) is 4.90 Å². The van der Waals surface area contributed by atoms with Crippen molar-refractivity contribution < 1.29 is 17.8 Å². The van der Waals surface area contributed by atoms with Gasteiger partial charge in [-0.15, -0.1) is 0 Å². The van der Waals surface area contributed by atoms with Crippen LogP contribution in [0.2, 0.25) is 0 Å². The van der Waals surface area contributed by atoms with Gasteiger partial charge in [0.1, 0.15) is 11.6 Å². The standard InChI is InChI=1S/C18H17N3O4S/c1-2-21(16-8-4-3-5-9-16)13-14(12-19)18(22)20-15-7-6-10-17(11-15)26(23,24)25/h3-11,13H,2H2,1H3,(H,20,22)(H,23,24,25)/b14-13-. The lowest BCUT2D eigenvalue weighted by molar-refractivity contribution is -0.112. The molecule has 7 nitrogen and oxygen atoms in total. The predicted octanol–water partition coefficient (Wildman–Crippen LogP) is 2.81. The predicted molar refractivity (Wildman–Crippen MR) is 98.0 cm³/mol. The maximum Gasteiger partial charge on any atom is 0.294 e. The number of carbonyl (C=O) groups excluding carboxylic acids is 1. The van der Waals surface area contributed by atoms with Crippen LogP contribution in [-0.4, -0.2) is 25.4 Å². The first-order valence-corrected chi connectivity index (χ1v) is 9.11. The minimum absolute atomic E-state index is 0.145. The van der Waals surface area contributed by atoms with Gasteiger partial charge in [0.15, 0.2) is 0 Å². The molecule has 0 radical (unpaired) electrons. The molecule has 0 aliphatic carbocycles. The first kappa shape index (κ1) is 19.2. The number of hydrogen-bond acceptors (Lipinski definition) is 5. The summed E-state index contributed by atoms with van der Waals surface area (Å²) in [6.07, 6.45) is 1.43. The van der Waals surface area contributed by atoms with Gasteiger partial charge in [0.05, 0.1) is 4.90 Å². The van der Waals surface area contributed by atoms with Gasteiger partial charge in [-0.25, -0.2) is 0 Å². The fourth-order valence-electron chi connectivity index (χ4n) is 2.19. The van der Waals surface area contributed by atoms with Crippen molar-refractivity contribution >= 4 is 27.4 Å². The number of nitrogens with one attached hydrogen (secondary N) is 1. The molecule has 0 saturated carbocycles. The summed E-state index contributed by atoms with van der Waals surface area (Å²) < 4.78 is 31.4. The first-order chi connectivity index (χ1) is 12.3. The van der Waals surface area contributed by atoms with Gasteiger partial charge in [-0.05, 0) is 37.3 Å². The topological polar surface area (TPSA) is 111 Å². The fraction of sp³-hybridized carbons (Fsp3) is 0.111. The highest BCUT2D eigenvalue weighted by atomic mass is 32.2. The number of anilines is 2. The van der Waals surface area contributed by atoms with E-state index in [0.29, 0.717) is 6.54 Å². The molecule has 2 N–H and O–H groups in total. The van der Waals surface area contributed by atoms with Gasteiger partial charge in [0, 0.05) is 24.1 Å². The molecule has 0 saturated heterocycles. The zero-order chi connectivity index (χ0) is 19.2. The lowest BCUT2D eigenvalue weighted by atomic mass is 10.2. The largest absolute Gasteiger partial charge is 0.347 e. The van der Waals surface area contributed by atoms with Crippen LogP contribution in [0, 0.1) is 11.3 Å². The van der Waals surface area contributed by atoms with Crippen LogP contribution in [0.25, 0.3) is 0 Å². The number of hydrogen-bond donors (Lipinski definition) is 2. The third kappa shape index (κ3) is 4.92. The Kier molecular flexibility index (Phi) is 6.11. The second-order valence-electron chi connectivity index (χ2n) is 5.23. The lowest BCUT2D eigenvalue weighted by Crippen LogP contribution is -2.20. The number of rotatable bonds is 6. The van der Waals surface area contributed by atoms with E-state index < -0.39 is 16.0 Å². The van der Waals surface area contributed by atoms with Gasteiger partial charge in [-0.2, -0.15) is 13.7 Å². The fourth-order valence-corrected chi connectivity index (χ4v) is 2.72. The molecule has 8 heteroatoms. The summed E-state index contributed by atoms with van der Waals surface area (Å²) in [6, 6.07) is 16.2. The molecule has 2 aromatic carbocycles. The Labute approximate surface area is 151 Å². The summed E-state index contributed by atoms with van der Waals surface area (Å²) in [7, 11) is -4.39. The summed E-state index contributed by atoms with van der Waals surface area (Å²) in [6.45, 7) is 2.42. The van der Waals surface area contributed by atoms with Gasteiger partial charge < -0.3 is 10.2 Å². The molecule has 0 aliphatic rings. The lowest BCUT2D eigenvalue weighted by Gasteiger charge is -2.18. The number of para-hydroxylation sites is 1. The summed E-state index contributed by atoms with van der Waals surface area (Å²) >= 11 is 0. The Morgan fingerprint density at radius 1 is 1.23 bits per heavy atom. The van der Waals surface area contributed by atoms with Crippen molar-refractivity contribution in [2.45, 2.75) is 11.8 Å². The molecule has 0 spiro atoms. The highest BCUT2D eigenvalue weighted by Crippen LogP contribution is 2.17. The average molecular weight is 371 g/mol. The van der Waals surface area contributed by atoms with Crippen LogP contribution < -0.4 is 10.2 Å². The van der Waals surface area contributed by atoms with Crippen molar-refractivity contribution in [3.8, 4) is 6.07 Å². The maximum atomic E-state index is 12.3. The Hall–Kier alpha value is -3.15. The van der Waals surface area contributed by atoms with Gasteiger partial charge in [0.2, 0.25) is 0 Å². The highest BCUT2D eigenvalue weighted by molar-refractivity contribution is 7.85. The summed E-state index contributed by atoms with van der Waals surface area (Å²) in [5, 5.41) is 11.8. The van der Waals surface area contributed by atoms with E-state index in [9.17, 15) is 18.5 Å². The van der Waals surface area contributed by atoms with E-state index in [2.05, 4.69) is 5.32 Å². The summed E-state index contributed by atoms with van der Waals surface area (Å²) in [5.74, 6) is -0.686. The molecule has 0 heterocycles. The third-order valence-corrected chi connectivity index (χ3v) is 4.32. The number of nitriles is 1. The Morgan fingerprint density at radius 2 is 1.92 bits per heavy atom. The zero-order valence-electron chi connectivity index (χ0n) is 14.0. The molecule has 26 heavy (non-hydrogen) atoms. The van der Waals surface area contributed by atoms with E-state index >= 15 is 0 Å². The number of nitrogens with zero attached hydrogens (tertiary/aromatic N) is 2. The average Bonchev–Trinajstić information content (AvgIpc) is 2.63. The molecular weight excluding hydrogens is 354 g/mol. The minimum Gasteiger partial charge on any atom is -0.347 e. The van der Waals surface area contributed by atoms with Crippen LogP contribution in [-0.2, 0) is 14.9 Å². The maximum absolute atomic E-state index is 12.3. The van der Waals surface area contributed by atoms with Crippen molar-refractivity contribution in [2.75, 3.05) is 16.8 Å². The second-order valence-corrected chi connectivity index (χ2v) is 6.65. The van der Waals surface area contributed by atoms with Crippen molar-refractivity contribution in [3.05, 3.63) is 66.4 Å². The van der Waals surface area contributed by atoms with Crippen LogP contribution in [0.3, 0.4) is 0 Å². The van der Waals surface area contributed by atoms with Crippen LogP contribution in [0.5, 0.6) is 0 Å². The molecule has 0 aromatic heterocycles. The van der Waals surface area contributed by atoms with Gasteiger partial charge >= 0.3 is 0 Å². The minimum atomic E-state index is -4.39. The molecule has 0 unspecified atom stereocenters. The quantitative estimate of drug-likeness (QED) is 0.459. The number of amides is 1. The van der Waals surface area contributed by atoms with E-state index in [-0.39, 0.29) is 16.2 Å². The van der Waals surface area contributed by atoms with Crippen molar-refractivity contribution in [3.63, 3.8) is 0 Å². The van der Waals surface area contributed by atoms with Crippen LogP contribution in [0.1, 0.15) is 6.92 Å². The SMILES string of the molecule is CCN(/C=C(/C#N)C(=O)Nc1cccc(S(=O)(=O)O)c1)c1ccccc1. The first-order valence-electron chi connectivity index (χ1n) is 7.67. The van der Waals surface area contributed by atoms with Gasteiger partial charge in [-0.1, -0.05) is 24.3 Å². The van der Waals surface area contributed by atoms with Crippen LogP contribution in [0.15, 0.2) is 71.3 Å². The molecule has 2 rings (SSSR count). The normalized spacial score (nSPS) is 11.5. The molecule has 0 aliphatic heterocycles. The zero-order valence-corrected chi connectivity index (χ0v) is 14.8. The van der Waals surface area contributed by atoms with Crippen molar-refractivity contribution in [1.29, 1.82) is 5.26 Å². The Bertz CT molecular complexity index is 963. The summed E-state index contributed by atoms with van der Waals surface area (Å²) in [5.41, 5.74) is 0.825. The summed E-state index contributed by atoms with van der Waals surface area (Å²) in [4.78, 5) is 13.7. The molecule has 0 bridgehead atoms. The van der Waals surface area contributed by atoms with Gasteiger partial charge in [0.25, 0.3) is 16.0 Å². The molecule has 134 valence electrons. The van der Waals surface area contributed by atoms with Crippen LogP contribution in [0.4, 0.5) is 11.4 Å². The highest BCUT2D eigenvalue weighted by Gasteiger charge is 2.14. The van der Waals surface area contributed by atoms with E-state index in [0.717, 1.165) is 11.8 Å².